The van der Waals surface area contributed by atoms with Crippen LogP contribution in [0.4, 0.5) is 5.95 Å². The fraction of sp³-hybridized carbons (Fsp3) is 0.300. The number of hydrogen-bond acceptors (Lipinski definition) is 6. The Morgan fingerprint density at radius 2 is 2.00 bits per heavy atom. The molecule has 0 saturated carbocycles. The van der Waals surface area contributed by atoms with Crippen LogP contribution in [0.25, 0.3) is 16.6 Å². The molecule has 6 nitrogen and oxygen atoms in total. The van der Waals surface area contributed by atoms with E-state index in [-0.39, 0.29) is 6.04 Å². The van der Waals surface area contributed by atoms with Crippen molar-refractivity contribution in [1.82, 2.24) is 19.9 Å². The number of nitrogens with one attached hydrogen (secondary N) is 1. The molecule has 0 unspecified atom stereocenters. The Bertz CT molecular complexity index is 969. The van der Waals surface area contributed by atoms with Crippen LogP contribution < -0.4 is 5.32 Å². The van der Waals surface area contributed by atoms with Gasteiger partial charge in [0, 0.05) is 37.3 Å². The SMILES string of the molecule is COC[C@H](C)Nc1ncc2c(n1)CCC=C2c1ccc2nccnc2c1. The lowest BCUT2D eigenvalue weighted by molar-refractivity contribution is 0.190. The highest BCUT2D eigenvalue weighted by Gasteiger charge is 2.18. The van der Waals surface area contributed by atoms with Gasteiger partial charge in [0.25, 0.3) is 0 Å². The summed E-state index contributed by atoms with van der Waals surface area (Å²) >= 11 is 0. The highest BCUT2D eigenvalue weighted by atomic mass is 16.5. The summed E-state index contributed by atoms with van der Waals surface area (Å²) in [5.74, 6) is 0.652. The van der Waals surface area contributed by atoms with Crippen LogP contribution in [0, 0.1) is 0 Å². The first-order valence-electron chi connectivity index (χ1n) is 8.77. The number of rotatable bonds is 5. The van der Waals surface area contributed by atoms with E-state index in [0.29, 0.717) is 12.6 Å². The minimum absolute atomic E-state index is 0.163. The molecule has 4 rings (SSSR count). The summed E-state index contributed by atoms with van der Waals surface area (Å²) in [6, 6.07) is 6.34. The van der Waals surface area contributed by atoms with Gasteiger partial charge in [-0.3, -0.25) is 9.97 Å². The van der Waals surface area contributed by atoms with Crippen LogP contribution in [-0.2, 0) is 11.2 Å². The number of aromatic nitrogens is 4. The smallest absolute Gasteiger partial charge is 0.223 e. The number of aryl methyl sites for hydroxylation is 1. The summed E-state index contributed by atoms with van der Waals surface area (Å²) < 4.78 is 5.16. The normalized spacial score (nSPS) is 14.6. The monoisotopic (exact) mass is 347 g/mol. The van der Waals surface area contributed by atoms with Crippen molar-refractivity contribution in [2.24, 2.45) is 0 Å². The van der Waals surface area contributed by atoms with Gasteiger partial charge in [0.1, 0.15) is 0 Å². The molecule has 0 radical (unpaired) electrons. The third-order valence-corrected chi connectivity index (χ3v) is 4.46. The fourth-order valence-electron chi connectivity index (χ4n) is 3.28. The first-order chi connectivity index (χ1) is 12.7. The maximum atomic E-state index is 5.16. The molecule has 2 aromatic heterocycles. The van der Waals surface area contributed by atoms with E-state index >= 15 is 0 Å². The van der Waals surface area contributed by atoms with Gasteiger partial charge in [0.2, 0.25) is 5.95 Å². The Hall–Kier alpha value is -2.86. The van der Waals surface area contributed by atoms with E-state index in [1.165, 1.54) is 0 Å². The van der Waals surface area contributed by atoms with E-state index in [1.54, 1.807) is 19.5 Å². The van der Waals surface area contributed by atoms with Gasteiger partial charge in [-0.2, -0.15) is 0 Å². The number of benzene rings is 1. The number of anilines is 1. The van der Waals surface area contributed by atoms with Crippen molar-refractivity contribution < 1.29 is 4.74 Å². The average molecular weight is 347 g/mol. The molecule has 1 N–H and O–H groups in total. The van der Waals surface area contributed by atoms with E-state index in [1.807, 2.05) is 19.2 Å². The Labute approximate surface area is 152 Å². The highest BCUT2D eigenvalue weighted by molar-refractivity contribution is 5.86. The van der Waals surface area contributed by atoms with Crippen LogP contribution >= 0.6 is 0 Å². The van der Waals surface area contributed by atoms with Crippen molar-refractivity contribution in [3.8, 4) is 0 Å². The Balaban J connectivity index is 1.66. The van der Waals surface area contributed by atoms with Gasteiger partial charge >= 0.3 is 0 Å². The van der Waals surface area contributed by atoms with Gasteiger partial charge < -0.3 is 10.1 Å². The second-order valence-corrected chi connectivity index (χ2v) is 6.47. The summed E-state index contributed by atoms with van der Waals surface area (Å²) in [4.78, 5) is 18.0. The first-order valence-corrected chi connectivity index (χ1v) is 8.77. The summed E-state index contributed by atoms with van der Waals surface area (Å²) in [6.45, 7) is 2.66. The van der Waals surface area contributed by atoms with Gasteiger partial charge in [-0.05, 0) is 43.0 Å². The molecule has 0 amide bonds. The van der Waals surface area contributed by atoms with Crippen LogP contribution in [0.15, 0.2) is 42.9 Å². The van der Waals surface area contributed by atoms with Gasteiger partial charge in [0.05, 0.1) is 23.3 Å². The quantitative estimate of drug-likeness (QED) is 0.764. The number of hydrogen-bond donors (Lipinski definition) is 1. The van der Waals surface area contributed by atoms with Crippen LogP contribution in [0.5, 0.6) is 0 Å². The molecule has 1 aliphatic rings. The Kier molecular flexibility index (Phi) is 4.58. The predicted molar refractivity (Wildman–Crippen MR) is 102 cm³/mol. The average Bonchev–Trinajstić information content (AvgIpc) is 2.67. The summed E-state index contributed by atoms with van der Waals surface area (Å²) in [6.07, 6.45) is 9.48. The van der Waals surface area contributed by atoms with E-state index in [9.17, 15) is 0 Å². The number of ether oxygens (including phenoxy) is 1. The van der Waals surface area contributed by atoms with Crippen LogP contribution in [0.2, 0.25) is 0 Å². The van der Waals surface area contributed by atoms with E-state index in [2.05, 4.69) is 38.5 Å². The maximum Gasteiger partial charge on any atom is 0.223 e. The lowest BCUT2D eigenvalue weighted by Crippen LogP contribution is -2.22. The topological polar surface area (TPSA) is 72.8 Å². The van der Waals surface area contributed by atoms with Crippen LogP contribution in [-0.4, -0.2) is 39.7 Å². The minimum Gasteiger partial charge on any atom is -0.383 e. The van der Waals surface area contributed by atoms with Gasteiger partial charge in [-0.15, -0.1) is 0 Å². The third kappa shape index (κ3) is 3.28. The lowest BCUT2D eigenvalue weighted by atomic mass is 9.91. The zero-order chi connectivity index (χ0) is 17.9. The van der Waals surface area contributed by atoms with Crippen molar-refractivity contribution in [3.05, 3.63) is 59.7 Å². The van der Waals surface area contributed by atoms with Crippen molar-refractivity contribution in [1.29, 1.82) is 0 Å². The lowest BCUT2D eigenvalue weighted by Gasteiger charge is -2.19. The number of methoxy groups -OCH3 is 1. The van der Waals surface area contributed by atoms with E-state index in [4.69, 9.17) is 9.72 Å². The molecule has 0 aliphatic heterocycles. The molecule has 6 heteroatoms. The Morgan fingerprint density at radius 1 is 1.15 bits per heavy atom. The molecule has 2 heterocycles. The zero-order valence-corrected chi connectivity index (χ0v) is 14.9. The van der Waals surface area contributed by atoms with Gasteiger partial charge in [0.15, 0.2) is 0 Å². The summed E-state index contributed by atoms with van der Waals surface area (Å²) in [5, 5.41) is 3.29. The Morgan fingerprint density at radius 3 is 2.85 bits per heavy atom. The molecule has 0 spiro atoms. The number of fused-ring (bicyclic) bond motifs is 2. The predicted octanol–water partition coefficient (Wildman–Crippen LogP) is 3.24. The number of allylic oxidation sites excluding steroid dienone is 1. The van der Waals surface area contributed by atoms with Crippen molar-refractivity contribution in [3.63, 3.8) is 0 Å². The molecule has 3 aromatic rings. The molecular weight excluding hydrogens is 326 g/mol. The van der Waals surface area contributed by atoms with E-state index in [0.717, 1.165) is 46.3 Å². The largest absolute Gasteiger partial charge is 0.383 e. The van der Waals surface area contributed by atoms with E-state index < -0.39 is 0 Å². The molecule has 1 atom stereocenters. The fourth-order valence-corrected chi connectivity index (χ4v) is 3.28. The molecule has 0 saturated heterocycles. The van der Waals surface area contributed by atoms with Crippen molar-refractivity contribution in [2.75, 3.05) is 19.0 Å². The molecule has 132 valence electrons. The molecule has 0 bridgehead atoms. The molecular formula is C20H21N5O. The highest BCUT2D eigenvalue weighted by Crippen LogP contribution is 2.31. The van der Waals surface area contributed by atoms with Gasteiger partial charge in [-0.1, -0.05) is 12.1 Å². The summed E-state index contributed by atoms with van der Waals surface area (Å²) in [5.41, 5.74) is 6.24. The first kappa shape index (κ1) is 16.6. The van der Waals surface area contributed by atoms with Crippen LogP contribution in [0.1, 0.15) is 30.2 Å². The summed E-state index contributed by atoms with van der Waals surface area (Å²) in [7, 11) is 1.69. The number of nitrogens with zero attached hydrogens (tertiary/aromatic N) is 4. The third-order valence-electron chi connectivity index (χ3n) is 4.46. The second-order valence-electron chi connectivity index (χ2n) is 6.47. The van der Waals surface area contributed by atoms with Crippen molar-refractivity contribution >= 4 is 22.6 Å². The van der Waals surface area contributed by atoms with Crippen LogP contribution in [0.3, 0.4) is 0 Å². The molecule has 0 fully saturated rings. The molecule has 1 aliphatic carbocycles. The zero-order valence-electron chi connectivity index (χ0n) is 14.9. The maximum absolute atomic E-state index is 5.16. The van der Waals surface area contributed by atoms with Crippen molar-refractivity contribution in [2.45, 2.75) is 25.8 Å². The molecule has 26 heavy (non-hydrogen) atoms. The van der Waals surface area contributed by atoms with Gasteiger partial charge in [-0.25, -0.2) is 9.97 Å². The standard InChI is InChI=1S/C20H21N5O/c1-13(12-26-2)24-20-23-11-16-15(4-3-5-17(16)25-20)14-6-7-18-19(10-14)22-9-8-21-18/h4,6-11,13H,3,5,12H2,1-2H3,(H,23,24,25)/t13-/m0/s1. The second kappa shape index (κ2) is 7.17. The minimum atomic E-state index is 0.163. The molecule has 1 aromatic carbocycles.